The molecule has 1 heterocycles. The quantitative estimate of drug-likeness (QED) is 0.366. The first-order valence-electron chi connectivity index (χ1n) is 11.5. The standard InChI is InChI=1S/C26H34O7/c1-14-23(5)13-16-22(4)11-10-17(27)33-21(2,3)15(22)9-12-24(16,6)26(14,20(30)32-8)19(29)25(7,31)18(23)28/h10-11,15-16,31H,1,9,12-13H2,2-8H3/t15-,16+,22-,23+,24+,25+,26-/m1/s1. The van der Waals surface area contributed by atoms with E-state index in [1.807, 2.05) is 33.8 Å². The molecule has 0 aromatic rings. The first-order chi connectivity index (χ1) is 15.0. The molecule has 0 spiro atoms. The van der Waals surface area contributed by atoms with Crippen LogP contribution in [0.4, 0.5) is 0 Å². The maximum Gasteiger partial charge on any atom is 0.330 e. The van der Waals surface area contributed by atoms with Crippen molar-refractivity contribution in [2.45, 2.75) is 72.0 Å². The van der Waals surface area contributed by atoms with Gasteiger partial charge in [0, 0.05) is 12.0 Å². The number of fused-ring (bicyclic) bond motifs is 6. The van der Waals surface area contributed by atoms with Crippen molar-refractivity contribution in [2.75, 3.05) is 7.11 Å². The van der Waals surface area contributed by atoms with Gasteiger partial charge in [-0.2, -0.15) is 0 Å². The lowest BCUT2D eigenvalue weighted by Gasteiger charge is -2.69. The van der Waals surface area contributed by atoms with Crippen molar-refractivity contribution in [3.63, 3.8) is 0 Å². The highest BCUT2D eigenvalue weighted by Gasteiger charge is 2.81. The lowest BCUT2D eigenvalue weighted by Crippen LogP contribution is -2.77. The maximum atomic E-state index is 14.0. The Balaban J connectivity index is 2.07. The fraction of sp³-hybridized carbons (Fsp3) is 0.692. The van der Waals surface area contributed by atoms with Crippen LogP contribution >= 0.6 is 0 Å². The molecule has 4 aliphatic rings. The first kappa shape index (κ1) is 23.9. The van der Waals surface area contributed by atoms with E-state index in [1.165, 1.54) is 20.1 Å². The van der Waals surface area contributed by atoms with E-state index in [2.05, 4.69) is 6.58 Å². The highest BCUT2D eigenvalue weighted by Crippen LogP contribution is 2.75. The molecule has 180 valence electrons. The van der Waals surface area contributed by atoms with Crippen LogP contribution in [-0.2, 0) is 28.7 Å². The Bertz CT molecular complexity index is 1030. The fourth-order valence-electron chi connectivity index (χ4n) is 8.22. The minimum atomic E-state index is -2.34. The Kier molecular flexibility index (Phi) is 4.65. The molecule has 7 atom stereocenters. The summed E-state index contributed by atoms with van der Waals surface area (Å²) >= 11 is 0. The predicted octanol–water partition coefficient (Wildman–Crippen LogP) is 2.95. The second-order valence-electron chi connectivity index (χ2n) is 11.8. The van der Waals surface area contributed by atoms with Crippen molar-refractivity contribution in [3.8, 4) is 0 Å². The molecule has 2 bridgehead atoms. The molecule has 7 heteroatoms. The number of ether oxygens (including phenoxy) is 2. The van der Waals surface area contributed by atoms with E-state index < -0.39 is 56.4 Å². The summed E-state index contributed by atoms with van der Waals surface area (Å²) in [6, 6.07) is 0. The van der Waals surface area contributed by atoms with E-state index in [0.29, 0.717) is 12.8 Å². The Hall–Kier alpha value is -2.28. The zero-order chi connectivity index (χ0) is 25.0. The van der Waals surface area contributed by atoms with Crippen molar-refractivity contribution in [2.24, 2.45) is 33.5 Å². The molecule has 0 amide bonds. The predicted molar refractivity (Wildman–Crippen MR) is 119 cm³/mol. The SMILES string of the molecule is C=C1[C@]2(C)C[C@H]3[C@]4(C)C=CC(=O)OC(C)(C)[C@H]4CC[C@]3(C)[C@@]1(C(=O)OC)C(=O)[C@@](C)(O)C2=O. The van der Waals surface area contributed by atoms with Gasteiger partial charge < -0.3 is 14.6 Å². The van der Waals surface area contributed by atoms with Gasteiger partial charge in [-0.25, -0.2) is 4.79 Å². The minimum absolute atomic E-state index is 0.109. The van der Waals surface area contributed by atoms with Crippen LogP contribution in [0.2, 0.25) is 0 Å². The van der Waals surface area contributed by atoms with Crippen LogP contribution < -0.4 is 0 Å². The first-order valence-corrected chi connectivity index (χ1v) is 11.5. The largest absolute Gasteiger partial charge is 0.468 e. The fourth-order valence-corrected chi connectivity index (χ4v) is 8.22. The van der Waals surface area contributed by atoms with Gasteiger partial charge in [0.05, 0.1) is 12.5 Å². The number of Topliss-reactive ketones (excluding diaryl/α,β-unsaturated/α-hetero) is 2. The number of hydrogen-bond acceptors (Lipinski definition) is 7. The number of carbonyl (C=O) groups is 4. The Morgan fingerprint density at radius 1 is 1.09 bits per heavy atom. The van der Waals surface area contributed by atoms with Crippen LogP contribution in [-0.4, -0.2) is 46.9 Å². The Labute approximate surface area is 194 Å². The average Bonchev–Trinajstić information content (AvgIpc) is 2.81. The summed E-state index contributed by atoms with van der Waals surface area (Å²) < 4.78 is 11.0. The van der Waals surface area contributed by atoms with E-state index in [4.69, 9.17) is 9.47 Å². The van der Waals surface area contributed by atoms with Crippen molar-refractivity contribution in [1.82, 2.24) is 0 Å². The normalized spacial score (nSPS) is 48.4. The summed E-state index contributed by atoms with van der Waals surface area (Å²) in [4.78, 5) is 53.6. The molecule has 0 radical (unpaired) electrons. The van der Waals surface area contributed by atoms with Crippen LogP contribution in [0.3, 0.4) is 0 Å². The number of rotatable bonds is 1. The van der Waals surface area contributed by atoms with Gasteiger partial charge in [0.15, 0.2) is 22.6 Å². The smallest absolute Gasteiger partial charge is 0.330 e. The molecule has 3 saturated carbocycles. The molecule has 7 nitrogen and oxygen atoms in total. The van der Waals surface area contributed by atoms with Crippen molar-refractivity contribution in [1.29, 1.82) is 0 Å². The second kappa shape index (κ2) is 6.44. The van der Waals surface area contributed by atoms with E-state index >= 15 is 0 Å². The third-order valence-corrected chi connectivity index (χ3v) is 9.81. The summed E-state index contributed by atoms with van der Waals surface area (Å²) in [5, 5.41) is 11.1. The van der Waals surface area contributed by atoms with Crippen molar-refractivity contribution < 1.29 is 33.8 Å². The number of cyclic esters (lactones) is 1. The van der Waals surface area contributed by atoms with Crippen LogP contribution in [0.25, 0.3) is 0 Å². The highest BCUT2D eigenvalue weighted by atomic mass is 16.6. The van der Waals surface area contributed by atoms with Crippen LogP contribution in [0.15, 0.2) is 24.3 Å². The van der Waals surface area contributed by atoms with Gasteiger partial charge in [-0.05, 0) is 69.3 Å². The van der Waals surface area contributed by atoms with Gasteiger partial charge >= 0.3 is 11.9 Å². The number of carbonyl (C=O) groups excluding carboxylic acids is 4. The molecule has 1 aliphatic heterocycles. The lowest BCUT2D eigenvalue weighted by molar-refractivity contribution is -0.216. The van der Waals surface area contributed by atoms with Crippen molar-refractivity contribution in [3.05, 3.63) is 24.3 Å². The van der Waals surface area contributed by atoms with E-state index in [9.17, 15) is 24.3 Å². The number of allylic oxidation sites excluding steroid dienone is 1. The number of esters is 2. The topological polar surface area (TPSA) is 107 Å². The average molecular weight is 459 g/mol. The van der Waals surface area contributed by atoms with E-state index in [-0.39, 0.29) is 23.8 Å². The zero-order valence-corrected chi connectivity index (χ0v) is 20.5. The summed E-state index contributed by atoms with van der Waals surface area (Å²) in [5.41, 5.74) is -7.82. The van der Waals surface area contributed by atoms with Crippen molar-refractivity contribution >= 4 is 23.5 Å². The van der Waals surface area contributed by atoms with Crippen LogP contribution in [0, 0.1) is 33.5 Å². The maximum absolute atomic E-state index is 14.0. The Morgan fingerprint density at radius 2 is 1.70 bits per heavy atom. The molecule has 0 saturated heterocycles. The molecule has 4 rings (SSSR count). The van der Waals surface area contributed by atoms with E-state index in [1.54, 1.807) is 6.92 Å². The van der Waals surface area contributed by atoms with Gasteiger partial charge in [0.2, 0.25) is 0 Å². The van der Waals surface area contributed by atoms with Crippen LogP contribution in [0.5, 0.6) is 0 Å². The Morgan fingerprint density at radius 3 is 2.27 bits per heavy atom. The molecule has 1 N–H and O–H groups in total. The number of ketones is 2. The summed E-state index contributed by atoms with van der Waals surface area (Å²) in [6.45, 7) is 14.6. The third kappa shape index (κ3) is 2.44. The minimum Gasteiger partial charge on any atom is -0.468 e. The van der Waals surface area contributed by atoms with Gasteiger partial charge in [0.1, 0.15) is 5.60 Å². The summed E-state index contributed by atoms with van der Waals surface area (Å²) in [6.07, 6.45) is 4.54. The summed E-state index contributed by atoms with van der Waals surface area (Å²) in [7, 11) is 1.21. The molecule has 0 unspecified atom stereocenters. The van der Waals surface area contributed by atoms with Gasteiger partial charge in [-0.15, -0.1) is 0 Å². The third-order valence-electron chi connectivity index (χ3n) is 9.81. The number of methoxy groups -OCH3 is 1. The van der Waals surface area contributed by atoms with Gasteiger partial charge in [-0.1, -0.05) is 26.5 Å². The second-order valence-corrected chi connectivity index (χ2v) is 11.8. The molecule has 33 heavy (non-hydrogen) atoms. The monoisotopic (exact) mass is 458 g/mol. The van der Waals surface area contributed by atoms with Crippen LogP contribution in [0.1, 0.15) is 60.8 Å². The highest BCUT2D eigenvalue weighted by molar-refractivity contribution is 6.26. The molecule has 0 aromatic heterocycles. The lowest BCUT2D eigenvalue weighted by atomic mass is 9.31. The van der Waals surface area contributed by atoms with E-state index in [0.717, 1.165) is 0 Å². The number of hydrogen-bond donors (Lipinski definition) is 1. The molecule has 3 fully saturated rings. The molecule has 3 aliphatic carbocycles. The van der Waals surface area contributed by atoms with Gasteiger partial charge in [-0.3, -0.25) is 14.4 Å². The summed E-state index contributed by atoms with van der Waals surface area (Å²) in [5.74, 6) is -3.24. The zero-order valence-electron chi connectivity index (χ0n) is 20.5. The molecule has 0 aromatic carbocycles. The number of aliphatic hydroxyl groups is 1. The van der Waals surface area contributed by atoms with Gasteiger partial charge in [0.25, 0.3) is 0 Å². The molecular weight excluding hydrogens is 424 g/mol. The molecular formula is C26H34O7.